The summed E-state index contributed by atoms with van der Waals surface area (Å²) in [6.45, 7) is 0. The van der Waals surface area contributed by atoms with E-state index in [1.165, 1.54) is 4.90 Å². The van der Waals surface area contributed by atoms with E-state index in [4.69, 9.17) is 11.0 Å². The van der Waals surface area contributed by atoms with Gasteiger partial charge in [-0.05, 0) is 36.4 Å². The van der Waals surface area contributed by atoms with Gasteiger partial charge in [0.1, 0.15) is 0 Å². The highest BCUT2D eigenvalue weighted by molar-refractivity contribution is 6.03. The number of carbonyl (C=O) groups excluding carboxylic acids is 1. The quantitative estimate of drug-likeness (QED) is 0.820. The summed E-state index contributed by atoms with van der Waals surface area (Å²) in [6.07, 6.45) is 0. The molecule has 0 radical (unpaired) electrons. The maximum Gasteiger partial charge on any atom is 0.326 e. The van der Waals surface area contributed by atoms with Crippen LogP contribution in [0.4, 0.5) is 21.9 Å². The van der Waals surface area contributed by atoms with Crippen molar-refractivity contribution in [3.05, 3.63) is 54.1 Å². The number of para-hydroxylation sites is 2. The summed E-state index contributed by atoms with van der Waals surface area (Å²) < 4.78 is 0. The predicted octanol–water partition coefficient (Wildman–Crippen LogP) is 2.81. The van der Waals surface area contributed by atoms with E-state index >= 15 is 0 Å². The van der Waals surface area contributed by atoms with Gasteiger partial charge in [0.2, 0.25) is 0 Å². The van der Waals surface area contributed by atoms with Crippen molar-refractivity contribution < 1.29 is 4.79 Å². The highest BCUT2D eigenvalue weighted by atomic mass is 16.2. The molecule has 2 aromatic carbocycles. The molecule has 0 aliphatic heterocycles. The van der Waals surface area contributed by atoms with Crippen LogP contribution in [0.25, 0.3) is 0 Å². The van der Waals surface area contributed by atoms with Crippen molar-refractivity contribution >= 4 is 23.1 Å². The lowest BCUT2D eigenvalue weighted by molar-refractivity contribution is 0.258. The smallest absolute Gasteiger partial charge is 0.326 e. The van der Waals surface area contributed by atoms with Crippen LogP contribution in [0.15, 0.2) is 48.5 Å². The first-order valence-corrected chi connectivity index (χ1v) is 6.01. The van der Waals surface area contributed by atoms with Crippen LogP contribution in [0, 0.1) is 11.3 Å². The summed E-state index contributed by atoms with van der Waals surface area (Å²) in [4.78, 5) is 13.6. The van der Waals surface area contributed by atoms with E-state index in [-0.39, 0.29) is 6.03 Å². The maximum atomic E-state index is 12.1. The summed E-state index contributed by atoms with van der Waals surface area (Å²) in [5.41, 5.74) is 8.17. The molecule has 0 heterocycles. The largest absolute Gasteiger partial charge is 0.397 e. The molecule has 3 N–H and O–H groups in total. The van der Waals surface area contributed by atoms with Crippen molar-refractivity contribution in [1.82, 2.24) is 0 Å². The molecule has 2 rings (SSSR count). The molecule has 5 nitrogen and oxygen atoms in total. The maximum absolute atomic E-state index is 12.1. The summed E-state index contributed by atoms with van der Waals surface area (Å²) in [6, 6.07) is 15.5. The van der Waals surface area contributed by atoms with Crippen LogP contribution in [0.5, 0.6) is 0 Å². The zero-order valence-corrected chi connectivity index (χ0v) is 11.0. The number of anilines is 3. The summed E-state index contributed by atoms with van der Waals surface area (Å²) >= 11 is 0. The molecule has 20 heavy (non-hydrogen) atoms. The number of nitrogens with one attached hydrogen (secondary N) is 1. The molecule has 0 fully saturated rings. The minimum absolute atomic E-state index is 0.299. The number of amides is 2. The van der Waals surface area contributed by atoms with E-state index in [0.29, 0.717) is 22.6 Å². The molecule has 0 aliphatic carbocycles. The normalized spacial score (nSPS) is 9.60. The second-order valence-corrected chi connectivity index (χ2v) is 4.24. The van der Waals surface area contributed by atoms with Gasteiger partial charge in [0.15, 0.2) is 0 Å². The fourth-order valence-corrected chi connectivity index (χ4v) is 1.74. The van der Waals surface area contributed by atoms with Gasteiger partial charge in [-0.2, -0.15) is 5.26 Å². The zero-order chi connectivity index (χ0) is 14.5. The monoisotopic (exact) mass is 266 g/mol. The Bertz CT molecular complexity index is 658. The third kappa shape index (κ3) is 2.87. The van der Waals surface area contributed by atoms with Crippen LogP contribution in [0.3, 0.4) is 0 Å². The SMILES string of the molecule is CN(C(=O)Nc1ccc(C#N)cc1)c1ccccc1N. The third-order valence-corrected chi connectivity index (χ3v) is 2.87. The number of rotatable bonds is 2. The number of benzene rings is 2. The van der Waals surface area contributed by atoms with Gasteiger partial charge in [-0.25, -0.2) is 4.79 Å². The topological polar surface area (TPSA) is 82.2 Å². The number of nitrogen functional groups attached to an aromatic ring is 1. The van der Waals surface area contributed by atoms with E-state index in [9.17, 15) is 4.79 Å². The fraction of sp³-hybridized carbons (Fsp3) is 0.0667. The van der Waals surface area contributed by atoms with Gasteiger partial charge < -0.3 is 11.1 Å². The molecule has 2 amide bonds. The Balaban J connectivity index is 2.12. The highest BCUT2D eigenvalue weighted by Gasteiger charge is 2.12. The summed E-state index contributed by atoms with van der Waals surface area (Å²) in [5.74, 6) is 0. The van der Waals surface area contributed by atoms with Crippen molar-refractivity contribution in [3.8, 4) is 6.07 Å². The molecule has 0 aliphatic rings. The molecule has 0 spiro atoms. The van der Waals surface area contributed by atoms with E-state index < -0.39 is 0 Å². The Morgan fingerprint density at radius 3 is 2.45 bits per heavy atom. The van der Waals surface area contributed by atoms with Gasteiger partial charge >= 0.3 is 6.03 Å². The Kier molecular flexibility index (Phi) is 3.87. The van der Waals surface area contributed by atoms with Crippen LogP contribution in [-0.2, 0) is 0 Å². The molecule has 0 unspecified atom stereocenters. The number of urea groups is 1. The van der Waals surface area contributed by atoms with Crippen LogP contribution in [-0.4, -0.2) is 13.1 Å². The van der Waals surface area contributed by atoms with Crippen LogP contribution in [0.2, 0.25) is 0 Å². The van der Waals surface area contributed by atoms with Gasteiger partial charge in [-0.1, -0.05) is 12.1 Å². The lowest BCUT2D eigenvalue weighted by atomic mass is 10.2. The summed E-state index contributed by atoms with van der Waals surface area (Å²) in [7, 11) is 1.64. The fourth-order valence-electron chi connectivity index (χ4n) is 1.74. The first kappa shape index (κ1) is 13.4. The van der Waals surface area contributed by atoms with Crippen molar-refractivity contribution in [3.63, 3.8) is 0 Å². The number of hydrogen-bond donors (Lipinski definition) is 2. The molecule has 0 bridgehead atoms. The number of hydrogen-bond acceptors (Lipinski definition) is 3. The highest BCUT2D eigenvalue weighted by Crippen LogP contribution is 2.21. The zero-order valence-electron chi connectivity index (χ0n) is 11.0. The number of nitrogens with two attached hydrogens (primary N) is 1. The average Bonchev–Trinajstić information content (AvgIpc) is 2.48. The van der Waals surface area contributed by atoms with Crippen LogP contribution >= 0.6 is 0 Å². The van der Waals surface area contributed by atoms with Gasteiger partial charge in [0, 0.05) is 12.7 Å². The Labute approximate surface area is 117 Å². The molecule has 5 heteroatoms. The average molecular weight is 266 g/mol. The minimum atomic E-state index is -0.299. The first-order valence-electron chi connectivity index (χ1n) is 6.01. The summed E-state index contributed by atoms with van der Waals surface area (Å²) in [5, 5.41) is 11.5. The van der Waals surface area contributed by atoms with E-state index in [2.05, 4.69) is 5.32 Å². The Morgan fingerprint density at radius 2 is 1.85 bits per heavy atom. The van der Waals surface area contributed by atoms with Gasteiger partial charge in [0.05, 0.1) is 23.0 Å². The van der Waals surface area contributed by atoms with E-state index in [1.807, 2.05) is 18.2 Å². The number of nitriles is 1. The van der Waals surface area contributed by atoms with Crippen LogP contribution in [0.1, 0.15) is 5.56 Å². The van der Waals surface area contributed by atoms with Gasteiger partial charge in [0.25, 0.3) is 0 Å². The standard InChI is InChI=1S/C15H14N4O/c1-19(14-5-3-2-4-13(14)17)15(20)18-12-8-6-11(10-16)7-9-12/h2-9H,17H2,1H3,(H,18,20). The van der Waals surface area contributed by atoms with Crippen molar-refractivity contribution in [1.29, 1.82) is 5.26 Å². The van der Waals surface area contributed by atoms with E-state index in [1.54, 1.807) is 43.4 Å². The van der Waals surface area contributed by atoms with Crippen molar-refractivity contribution in [2.24, 2.45) is 0 Å². The molecule has 0 saturated heterocycles. The second kappa shape index (κ2) is 5.76. The second-order valence-electron chi connectivity index (χ2n) is 4.24. The molecule has 2 aromatic rings. The molecular weight excluding hydrogens is 252 g/mol. The molecule has 100 valence electrons. The molecule has 0 saturated carbocycles. The minimum Gasteiger partial charge on any atom is -0.397 e. The van der Waals surface area contributed by atoms with Crippen molar-refractivity contribution in [2.45, 2.75) is 0 Å². The lowest BCUT2D eigenvalue weighted by Gasteiger charge is -2.19. The first-order chi connectivity index (χ1) is 9.61. The lowest BCUT2D eigenvalue weighted by Crippen LogP contribution is -2.31. The number of nitrogens with zero attached hydrogens (tertiary/aromatic N) is 2. The molecular formula is C15H14N4O. The van der Waals surface area contributed by atoms with Crippen molar-refractivity contribution in [2.75, 3.05) is 23.0 Å². The Morgan fingerprint density at radius 1 is 1.20 bits per heavy atom. The van der Waals surface area contributed by atoms with Crippen LogP contribution < -0.4 is 16.0 Å². The Hall–Kier alpha value is -3.00. The predicted molar refractivity (Wildman–Crippen MR) is 79.4 cm³/mol. The van der Waals surface area contributed by atoms with Gasteiger partial charge in [-0.3, -0.25) is 4.90 Å². The van der Waals surface area contributed by atoms with E-state index in [0.717, 1.165) is 0 Å². The molecule has 0 atom stereocenters. The van der Waals surface area contributed by atoms with Gasteiger partial charge in [-0.15, -0.1) is 0 Å². The molecule has 0 aromatic heterocycles. The number of carbonyl (C=O) groups is 1. The third-order valence-electron chi connectivity index (χ3n) is 2.87.